The monoisotopic (exact) mass is 522 g/mol. The Morgan fingerprint density at radius 1 is 1.27 bits per heavy atom. The van der Waals surface area contributed by atoms with Crippen molar-refractivity contribution >= 4 is 46.5 Å². The Kier molecular flexibility index (Phi) is 6.33. The zero-order valence-corrected chi connectivity index (χ0v) is 20.5. The summed E-state index contributed by atoms with van der Waals surface area (Å²) in [5.74, 6) is 0.622. The van der Waals surface area contributed by atoms with Gasteiger partial charge in [-0.1, -0.05) is 11.6 Å². The van der Waals surface area contributed by atoms with Crippen molar-refractivity contribution in [1.29, 1.82) is 10.5 Å². The van der Waals surface area contributed by atoms with E-state index in [0.717, 1.165) is 17.7 Å². The van der Waals surface area contributed by atoms with Crippen LogP contribution in [0.15, 0.2) is 18.3 Å². The lowest BCUT2D eigenvalue weighted by Crippen LogP contribution is -2.54. The van der Waals surface area contributed by atoms with Crippen LogP contribution in [-0.4, -0.2) is 79.1 Å². The van der Waals surface area contributed by atoms with E-state index in [-0.39, 0.29) is 29.3 Å². The molecule has 1 saturated carbocycles. The summed E-state index contributed by atoms with van der Waals surface area (Å²) in [6.45, 7) is 0.556. The van der Waals surface area contributed by atoms with Gasteiger partial charge in [0.05, 0.1) is 46.4 Å². The van der Waals surface area contributed by atoms with Gasteiger partial charge in [0.15, 0.2) is 17.2 Å². The van der Waals surface area contributed by atoms with Crippen molar-refractivity contribution in [1.82, 2.24) is 24.5 Å². The van der Waals surface area contributed by atoms with Gasteiger partial charge in [-0.15, -0.1) is 5.10 Å². The number of hydrogen-bond acceptors (Lipinski definition) is 10. The van der Waals surface area contributed by atoms with Crippen LogP contribution in [0.1, 0.15) is 30.5 Å². The van der Waals surface area contributed by atoms with E-state index >= 15 is 0 Å². The topological polar surface area (TPSA) is 179 Å². The number of carbonyl (C=O) groups is 1. The number of nitrogens with zero attached hydrogens (tertiary/aromatic N) is 8. The third-order valence-electron chi connectivity index (χ3n) is 6.51. The maximum absolute atomic E-state index is 11.3. The van der Waals surface area contributed by atoms with Gasteiger partial charge in [0.1, 0.15) is 6.07 Å². The Hall–Kier alpha value is -4.33. The standard InChI is InChI=1S/C23H23ClN10O3/c1-32(23(36)37)16-4-5-33(11-18(16)35)17-7-12(8-25)6-15(19(17)24)29-22-30-20(28-13-2-3-13)21-27-10-14(9-26)34(21)31-22/h6-7,10,13,16,18,35H,2-5,11H2,1H3,(H,36,37)(H2,28,29,30,31)/t16-,18+/m1/s1. The Morgan fingerprint density at radius 3 is 2.70 bits per heavy atom. The molecule has 0 unspecified atom stereocenters. The van der Waals surface area contributed by atoms with Crippen molar-refractivity contribution in [3.8, 4) is 12.1 Å². The fraction of sp³-hybridized carbons (Fsp3) is 0.391. The number of β-amino-alcohol motifs (C(OH)–C–C–N with tert-alkyl or cyclic N) is 1. The fourth-order valence-corrected chi connectivity index (χ4v) is 4.65. The molecule has 37 heavy (non-hydrogen) atoms. The lowest BCUT2D eigenvalue weighted by Gasteiger charge is -2.40. The molecular formula is C23H23ClN10O3. The van der Waals surface area contributed by atoms with Crippen molar-refractivity contribution in [3.05, 3.63) is 34.6 Å². The van der Waals surface area contributed by atoms with Crippen LogP contribution in [0.4, 0.5) is 27.9 Å². The summed E-state index contributed by atoms with van der Waals surface area (Å²) in [6.07, 6.45) is 1.76. The molecule has 1 aliphatic heterocycles. The van der Waals surface area contributed by atoms with E-state index in [9.17, 15) is 25.5 Å². The van der Waals surface area contributed by atoms with Crippen LogP contribution in [0.2, 0.25) is 5.02 Å². The summed E-state index contributed by atoms with van der Waals surface area (Å²) in [5.41, 5.74) is 1.86. The van der Waals surface area contributed by atoms with Gasteiger partial charge in [-0.25, -0.2) is 9.78 Å². The molecule has 190 valence electrons. The first-order chi connectivity index (χ1) is 17.8. The van der Waals surface area contributed by atoms with Gasteiger partial charge in [-0.05, 0) is 31.4 Å². The van der Waals surface area contributed by atoms with E-state index in [4.69, 9.17) is 11.6 Å². The van der Waals surface area contributed by atoms with Gasteiger partial charge in [0, 0.05) is 26.2 Å². The van der Waals surface area contributed by atoms with Gasteiger partial charge in [-0.2, -0.15) is 20.0 Å². The summed E-state index contributed by atoms with van der Waals surface area (Å²) in [7, 11) is 1.43. The number of likely N-dealkylation sites (N-methyl/N-ethyl adjacent to an activating group) is 1. The molecule has 2 aliphatic rings. The summed E-state index contributed by atoms with van der Waals surface area (Å²) < 4.78 is 1.39. The molecule has 2 fully saturated rings. The second-order valence-electron chi connectivity index (χ2n) is 9.05. The molecule has 1 amide bonds. The second-order valence-corrected chi connectivity index (χ2v) is 9.43. The highest BCUT2D eigenvalue weighted by atomic mass is 35.5. The van der Waals surface area contributed by atoms with E-state index in [1.807, 2.05) is 4.90 Å². The maximum atomic E-state index is 11.3. The average Bonchev–Trinajstić information content (AvgIpc) is 3.60. The molecular weight excluding hydrogens is 500 g/mol. The summed E-state index contributed by atoms with van der Waals surface area (Å²) in [4.78, 5) is 23.1. The molecule has 0 radical (unpaired) electrons. The van der Waals surface area contributed by atoms with Crippen molar-refractivity contribution < 1.29 is 15.0 Å². The largest absolute Gasteiger partial charge is 0.465 e. The molecule has 0 bridgehead atoms. The maximum Gasteiger partial charge on any atom is 0.407 e. The van der Waals surface area contributed by atoms with Gasteiger partial charge in [0.25, 0.3) is 0 Å². The highest BCUT2D eigenvalue weighted by Crippen LogP contribution is 2.37. The van der Waals surface area contributed by atoms with Crippen molar-refractivity contribution in [2.24, 2.45) is 0 Å². The quantitative estimate of drug-likeness (QED) is 0.373. The van der Waals surface area contributed by atoms with Crippen molar-refractivity contribution in [3.63, 3.8) is 0 Å². The lowest BCUT2D eigenvalue weighted by atomic mass is 9.99. The number of aliphatic hydroxyl groups is 1. The van der Waals surface area contributed by atoms with Gasteiger partial charge >= 0.3 is 6.09 Å². The summed E-state index contributed by atoms with van der Waals surface area (Å²) in [6, 6.07) is 7.09. The molecule has 14 heteroatoms. The number of aromatic nitrogens is 4. The first-order valence-corrected chi connectivity index (χ1v) is 12.0. The molecule has 1 aliphatic carbocycles. The molecule has 5 rings (SSSR count). The number of halogens is 1. The SMILES string of the molecule is CN(C(=O)O)[C@@H]1CCN(c2cc(C#N)cc(Nc3nc(NC4CC4)c4ncc(C#N)n4n3)c2Cl)C[C@@H]1O. The minimum Gasteiger partial charge on any atom is -0.465 e. The Labute approximate surface area is 216 Å². The van der Waals surface area contributed by atoms with Crippen LogP contribution in [0, 0.1) is 22.7 Å². The van der Waals surface area contributed by atoms with E-state index in [2.05, 4.69) is 37.8 Å². The van der Waals surface area contributed by atoms with Crippen LogP contribution in [0.3, 0.4) is 0 Å². The number of aliphatic hydroxyl groups excluding tert-OH is 1. The molecule has 4 N–H and O–H groups in total. The Balaban J connectivity index is 1.47. The number of fused-ring (bicyclic) bond motifs is 1. The normalized spacial score (nSPS) is 19.2. The van der Waals surface area contributed by atoms with Crippen LogP contribution < -0.4 is 15.5 Å². The van der Waals surface area contributed by atoms with E-state index in [1.165, 1.54) is 17.8 Å². The zero-order valence-electron chi connectivity index (χ0n) is 19.8. The van der Waals surface area contributed by atoms with Gasteiger partial charge in [-0.3, -0.25) is 0 Å². The van der Waals surface area contributed by atoms with Crippen LogP contribution in [0.5, 0.6) is 0 Å². The van der Waals surface area contributed by atoms with Crippen molar-refractivity contribution in [2.45, 2.75) is 37.5 Å². The predicted octanol–water partition coefficient (Wildman–Crippen LogP) is 2.39. The predicted molar refractivity (Wildman–Crippen MR) is 134 cm³/mol. The number of carboxylic acid groups (broad SMARTS) is 1. The molecule has 0 spiro atoms. The molecule has 3 heterocycles. The number of imidazole rings is 1. The first kappa shape index (κ1) is 24.4. The molecule has 2 aromatic heterocycles. The number of hydrogen-bond donors (Lipinski definition) is 4. The summed E-state index contributed by atoms with van der Waals surface area (Å²) in [5, 5.41) is 50.1. The number of nitrogens with one attached hydrogen (secondary N) is 2. The lowest BCUT2D eigenvalue weighted by molar-refractivity contribution is 0.0497. The van der Waals surface area contributed by atoms with Crippen LogP contribution in [0.25, 0.3) is 5.65 Å². The Bertz CT molecular complexity index is 1460. The third-order valence-corrected chi connectivity index (χ3v) is 6.91. The van der Waals surface area contributed by atoms with Crippen molar-refractivity contribution in [2.75, 3.05) is 35.7 Å². The zero-order chi connectivity index (χ0) is 26.3. The minimum absolute atomic E-state index is 0.134. The smallest absolute Gasteiger partial charge is 0.407 e. The number of benzene rings is 1. The summed E-state index contributed by atoms with van der Waals surface area (Å²) >= 11 is 6.77. The molecule has 13 nitrogen and oxygen atoms in total. The fourth-order valence-electron chi connectivity index (χ4n) is 4.38. The second kappa shape index (κ2) is 9.61. The van der Waals surface area contributed by atoms with Gasteiger partial charge < -0.3 is 30.6 Å². The van der Waals surface area contributed by atoms with Crippen LogP contribution in [-0.2, 0) is 0 Å². The van der Waals surface area contributed by atoms with E-state index in [1.54, 1.807) is 12.1 Å². The van der Waals surface area contributed by atoms with Crippen LogP contribution >= 0.6 is 11.6 Å². The Morgan fingerprint density at radius 2 is 2.05 bits per heavy atom. The number of amides is 1. The highest BCUT2D eigenvalue weighted by molar-refractivity contribution is 6.36. The first-order valence-electron chi connectivity index (χ1n) is 11.6. The molecule has 2 atom stereocenters. The molecule has 1 saturated heterocycles. The average molecular weight is 523 g/mol. The number of piperidine rings is 1. The highest BCUT2D eigenvalue weighted by Gasteiger charge is 2.34. The van der Waals surface area contributed by atoms with E-state index < -0.39 is 18.2 Å². The molecule has 1 aromatic carbocycles. The van der Waals surface area contributed by atoms with E-state index in [0.29, 0.717) is 41.4 Å². The number of rotatable bonds is 6. The van der Waals surface area contributed by atoms with Gasteiger partial charge in [0.2, 0.25) is 5.95 Å². The number of anilines is 4. The minimum atomic E-state index is -1.11. The third kappa shape index (κ3) is 4.74. The molecule has 3 aromatic rings. The number of nitriles is 2.